The Labute approximate surface area is 364 Å². The minimum absolute atomic E-state index is 0.680. The van der Waals surface area contributed by atoms with Crippen molar-refractivity contribution in [2.75, 3.05) is 19.8 Å². The van der Waals surface area contributed by atoms with Crippen molar-refractivity contribution in [1.82, 2.24) is 5.32 Å². The van der Waals surface area contributed by atoms with Gasteiger partial charge < -0.3 is 71.6 Å². The fourth-order valence-electron chi connectivity index (χ4n) is 6.85. The van der Waals surface area contributed by atoms with Crippen LogP contribution in [0.3, 0.4) is 0 Å². The summed E-state index contributed by atoms with van der Waals surface area (Å²) in [4.78, 5) is 123. The third-order valence-corrected chi connectivity index (χ3v) is 8.93. The van der Waals surface area contributed by atoms with E-state index in [4.69, 9.17) is 66.3 Å². The summed E-state index contributed by atoms with van der Waals surface area (Å²) in [7, 11) is 0. The molecule has 25 nitrogen and oxygen atoms in total. The molecule has 0 saturated carbocycles. The van der Waals surface area contributed by atoms with Crippen molar-refractivity contribution in [1.29, 1.82) is 0 Å². The van der Waals surface area contributed by atoms with Gasteiger partial charge >= 0.3 is 53.7 Å². The quantitative estimate of drug-likeness (QED) is 0.131. The summed E-state index contributed by atoms with van der Waals surface area (Å²) in [5, 5.41) is 2.46. The van der Waals surface area contributed by atoms with Crippen molar-refractivity contribution in [2.45, 2.75) is 161 Å². The van der Waals surface area contributed by atoms with Crippen molar-refractivity contribution in [2.24, 2.45) is 0 Å². The lowest BCUT2D eigenvalue weighted by Gasteiger charge is -2.50. The number of carbonyl (C=O) groups is 10. The molecule has 360 valence electrons. The van der Waals surface area contributed by atoms with E-state index in [0.29, 0.717) is 0 Å². The van der Waals surface area contributed by atoms with Gasteiger partial charge in [-0.15, -0.1) is 0 Å². The Bertz CT molecular complexity index is 1740. The number of ether oxygens (including phenoxy) is 14. The lowest BCUT2D eigenvalue weighted by molar-refractivity contribution is -0.365. The summed E-state index contributed by atoms with van der Waals surface area (Å²) in [5.74, 6) is -9.40. The number of carbonyl (C=O) groups excluding carboxylic acids is 10. The van der Waals surface area contributed by atoms with Gasteiger partial charge in [0.15, 0.2) is 55.3 Å². The molecule has 0 spiro atoms. The van der Waals surface area contributed by atoms with E-state index in [1.807, 2.05) is 0 Å². The van der Waals surface area contributed by atoms with Crippen molar-refractivity contribution in [3.8, 4) is 0 Å². The van der Waals surface area contributed by atoms with Gasteiger partial charge in [-0.05, 0) is 0 Å². The molecule has 3 heterocycles. The van der Waals surface area contributed by atoms with Crippen LogP contribution in [0, 0.1) is 0 Å². The molecule has 3 fully saturated rings. The number of nitrogens with one attached hydrogen (secondary N) is 1. The second-order valence-corrected chi connectivity index (χ2v) is 14.4. The maximum atomic E-state index is 16.3. The van der Waals surface area contributed by atoms with E-state index in [1.165, 1.54) is 0 Å². The molecule has 9 unspecified atom stereocenters. The molecule has 0 aliphatic carbocycles. The smallest absolute Gasteiger partial charge is 0.303 e. The molecule has 3 saturated heterocycles. The Hall–Kier alpha value is -5.57. The van der Waals surface area contributed by atoms with Gasteiger partial charge in [0, 0.05) is 69.2 Å². The summed E-state index contributed by atoms with van der Waals surface area (Å²) in [5.41, 5.74) is 0. The Balaban J connectivity index is 2.23. The van der Waals surface area contributed by atoms with Gasteiger partial charge in [-0.1, -0.05) is 0 Å². The Morgan fingerprint density at radius 1 is 0.391 bits per heavy atom. The zero-order valence-corrected chi connectivity index (χ0v) is 36.5. The number of hydrogen-bond donors (Lipinski definition) is 1. The van der Waals surface area contributed by atoms with E-state index in [0.717, 1.165) is 69.2 Å². The van der Waals surface area contributed by atoms with Crippen LogP contribution >= 0.6 is 0 Å². The van der Waals surface area contributed by atoms with Crippen LogP contribution in [-0.4, -0.2) is 172 Å². The lowest BCUT2D eigenvalue weighted by atomic mass is 9.94. The zero-order valence-electron chi connectivity index (χ0n) is 36.5. The first-order chi connectivity index (χ1) is 29.9. The van der Waals surface area contributed by atoms with Crippen LogP contribution in [0.2, 0.25) is 0 Å². The van der Waals surface area contributed by atoms with E-state index in [2.05, 4.69) is 5.32 Å². The van der Waals surface area contributed by atoms with Gasteiger partial charge in [-0.3, -0.25) is 47.9 Å². The molecule has 3 aliphatic rings. The Morgan fingerprint density at radius 3 is 1.12 bits per heavy atom. The van der Waals surface area contributed by atoms with Crippen molar-refractivity contribution in [3.05, 3.63) is 0 Å². The zero-order chi connectivity index (χ0) is 48.2. The molecule has 0 aromatic rings. The van der Waals surface area contributed by atoms with E-state index >= 15 is 4.39 Å². The van der Waals surface area contributed by atoms with Gasteiger partial charge in [0.25, 0.3) is 0 Å². The molecule has 1 amide bonds. The maximum absolute atomic E-state index is 16.3. The van der Waals surface area contributed by atoms with Crippen LogP contribution in [0.4, 0.5) is 4.39 Å². The molecule has 0 aromatic carbocycles. The van der Waals surface area contributed by atoms with E-state index in [1.54, 1.807) is 0 Å². The van der Waals surface area contributed by atoms with Crippen LogP contribution in [0.5, 0.6) is 0 Å². The highest BCUT2D eigenvalue weighted by Crippen LogP contribution is 2.37. The predicted octanol–water partition coefficient (Wildman–Crippen LogP) is -1.31. The summed E-state index contributed by atoms with van der Waals surface area (Å²) in [6.45, 7) is 7.71. The molecule has 3 rings (SSSR count). The van der Waals surface area contributed by atoms with E-state index in [9.17, 15) is 47.9 Å². The van der Waals surface area contributed by atoms with Crippen LogP contribution in [0.25, 0.3) is 0 Å². The third kappa shape index (κ3) is 15.6. The first-order valence-corrected chi connectivity index (χ1v) is 19.5. The highest BCUT2D eigenvalue weighted by molar-refractivity contribution is 5.74. The van der Waals surface area contributed by atoms with Crippen molar-refractivity contribution < 1.29 is 119 Å². The van der Waals surface area contributed by atoms with Crippen molar-refractivity contribution >= 4 is 59.6 Å². The summed E-state index contributed by atoms with van der Waals surface area (Å²) in [6, 6.07) is -1.78. The molecule has 15 atom stereocenters. The topological polar surface area (TPSA) is 312 Å². The summed E-state index contributed by atoms with van der Waals surface area (Å²) < 4.78 is 94.3. The highest BCUT2D eigenvalue weighted by atomic mass is 19.1. The predicted molar refractivity (Wildman–Crippen MR) is 198 cm³/mol. The largest absolute Gasteiger partial charge is 0.463 e. The monoisotopic (exact) mass is 925 g/mol. The third-order valence-electron chi connectivity index (χ3n) is 8.93. The molecular formula is C38H52FNO24. The second-order valence-electron chi connectivity index (χ2n) is 14.4. The van der Waals surface area contributed by atoms with E-state index < -0.39 is 172 Å². The molecule has 1 N–H and O–H groups in total. The highest BCUT2D eigenvalue weighted by Gasteiger charge is 2.59. The summed E-state index contributed by atoms with van der Waals surface area (Å²) in [6.07, 6.45) is -26.1. The second kappa shape index (κ2) is 23.9. The Morgan fingerprint density at radius 2 is 0.719 bits per heavy atom. The van der Waals surface area contributed by atoms with Gasteiger partial charge in [0.05, 0.1) is 0 Å². The lowest BCUT2D eigenvalue weighted by Crippen LogP contribution is -2.70. The molecular weight excluding hydrogens is 873 g/mol. The molecule has 3 aliphatic heterocycles. The fraction of sp³-hybridized carbons (Fsp3) is 0.737. The number of hydrogen-bond acceptors (Lipinski definition) is 24. The SMILES string of the molecule is CC(=O)NC1C(OC(C)=O)[C@H](O[C@@H]2OC(COC(C)=O)[C@H](OC(C)=O)C(OC(C)=O)C2OC(C)=O)C(COC(C)=O)O[C@H]1OC1C(OC(C)=O)[C@H](OC(C)=O)C(COC(C)=O)O[C@@H]1F. The maximum Gasteiger partial charge on any atom is 0.303 e. The first-order valence-electron chi connectivity index (χ1n) is 19.5. The fourth-order valence-corrected chi connectivity index (χ4v) is 6.85. The van der Waals surface area contributed by atoms with Gasteiger partial charge in [0.1, 0.15) is 50.3 Å². The number of amides is 1. The van der Waals surface area contributed by atoms with E-state index in [-0.39, 0.29) is 0 Å². The van der Waals surface area contributed by atoms with Gasteiger partial charge in [-0.25, -0.2) is 4.39 Å². The Kier molecular flexibility index (Phi) is 19.7. The molecule has 64 heavy (non-hydrogen) atoms. The normalized spacial score (nSPS) is 32.3. The molecule has 0 bridgehead atoms. The standard InChI is InChI=1S/C38H52FNO24/c1-14(41)40-27-31(56-20(7)47)28(63-38-35(59-23(10)50)33(58-22(9)49)30(55-19(6)46)26(62-38)13-53-17(4)44)25(12-52-16(3)43)61-37(27)64-34-32(57-21(8)48)29(54-18(5)45)24(60-36(34)39)11-51-15(2)42/h24-38H,11-13H2,1-10H3,(H,40,41)/t24?,25?,26?,27?,28-,29-,30+,31?,32?,33?,34?,35?,36+,37+,38+/m1/s1. The summed E-state index contributed by atoms with van der Waals surface area (Å²) >= 11 is 0. The number of halogens is 1. The number of alkyl halides is 1. The minimum Gasteiger partial charge on any atom is -0.463 e. The molecule has 26 heteroatoms. The van der Waals surface area contributed by atoms with Crippen LogP contribution in [-0.2, 0) is 114 Å². The average Bonchev–Trinajstić information content (AvgIpc) is 3.14. The molecule has 0 aromatic heterocycles. The number of esters is 9. The van der Waals surface area contributed by atoms with Crippen LogP contribution in [0.1, 0.15) is 69.2 Å². The van der Waals surface area contributed by atoms with Crippen LogP contribution < -0.4 is 5.32 Å². The number of rotatable bonds is 17. The van der Waals surface area contributed by atoms with Gasteiger partial charge in [-0.2, -0.15) is 0 Å². The molecule has 0 radical (unpaired) electrons. The first kappa shape index (κ1) is 52.8. The van der Waals surface area contributed by atoms with Gasteiger partial charge in [0.2, 0.25) is 12.3 Å². The van der Waals surface area contributed by atoms with Crippen LogP contribution in [0.15, 0.2) is 0 Å². The minimum atomic E-state index is -2.61. The van der Waals surface area contributed by atoms with Crippen molar-refractivity contribution in [3.63, 3.8) is 0 Å². The average molecular weight is 926 g/mol.